The van der Waals surface area contributed by atoms with E-state index in [1.165, 1.54) is 18.4 Å². The van der Waals surface area contributed by atoms with E-state index in [4.69, 9.17) is 4.74 Å². The number of nitrogens with zero attached hydrogens (tertiary/aromatic N) is 1. The second kappa shape index (κ2) is 5.72. The molecule has 1 heterocycles. The Labute approximate surface area is 135 Å². The van der Waals surface area contributed by atoms with Crippen molar-refractivity contribution in [3.8, 4) is 11.5 Å². The number of para-hydroxylation sites is 1. The van der Waals surface area contributed by atoms with Gasteiger partial charge in [-0.05, 0) is 43.3 Å². The molecule has 3 aromatic rings. The van der Waals surface area contributed by atoms with Gasteiger partial charge in [-0.3, -0.25) is 0 Å². The van der Waals surface area contributed by atoms with Gasteiger partial charge in [0.25, 0.3) is 0 Å². The van der Waals surface area contributed by atoms with Gasteiger partial charge in [-0.25, -0.2) is 12.7 Å². The Morgan fingerprint density at radius 3 is 2.30 bits per heavy atom. The third-order valence-corrected chi connectivity index (χ3v) is 5.49. The highest BCUT2D eigenvalue weighted by Crippen LogP contribution is 2.33. The van der Waals surface area contributed by atoms with Gasteiger partial charge in [0.05, 0.1) is 10.6 Å². The Morgan fingerprint density at radius 1 is 1.00 bits per heavy atom. The van der Waals surface area contributed by atoms with E-state index in [0.717, 1.165) is 22.3 Å². The first-order valence-corrected chi connectivity index (χ1v) is 8.61. The minimum Gasteiger partial charge on any atom is -0.455 e. The first-order chi connectivity index (χ1) is 10.9. The summed E-state index contributed by atoms with van der Waals surface area (Å²) in [5.41, 5.74) is 1.93. The zero-order valence-electron chi connectivity index (χ0n) is 13.2. The Hall–Kier alpha value is -2.31. The smallest absolute Gasteiger partial charge is 0.242 e. The van der Waals surface area contributed by atoms with Gasteiger partial charge in [-0.2, -0.15) is 0 Å². The van der Waals surface area contributed by atoms with E-state index in [1.54, 1.807) is 24.3 Å². The molecular weight excluding hydrogens is 312 g/mol. The van der Waals surface area contributed by atoms with E-state index >= 15 is 0 Å². The number of aromatic amines is 1. The molecule has 0 amide bonds. The van der Waals surface area contributed by atoms with Gasteiger partial charge in [-0.15, -0.1) is 0 Å². The predicted molar refractivity (Wildman–Crippen MR) is 90.4 cm³/mol. The standard InChI is InChI=1S/C17H18N2O3S/c1-12-17(15-6-4-5-7-16(15)18-12)22-13-8-10-14(11-9-13)23(20,21)19(2)3/h4-11,18H,1-3H3. The van der Waals surface area contributed by atoms with Crippen LogP contribution in [0.25, 0.3) is 10.9 Å². The van der Waals surface area contributed by atoms with Gasteiger partial charge >= 0.3 is 0 Å². The molecule has 5 nitrogen and oxygen atoms in total. The summed E-state index contributed by atoms with van der Waals surface area (Å²) in [6.07, 6.45) is 0. The summed E-state index contributed by atoms with van der Waals surface area (Å²) < 4.78 is 31.3. The summed E-state index contributed by atoms with van der Waals surface area (Å²) in [5.74, 6) is 1.35. The van der Waals surface area contributed by atoms with Crippen LogP contribution in [0.2, 0.25) is 0 Å². The first-order valence-electron chi connectivity index (χ1n) is 7.17. The lowest BCUT2D eigenvalue weighted by atomic mass is 10.2. The molecule has 3 rings (SSSR count). The lowest BCUT2D eigenvalue weighted by Gasteiger charge is -2.12. The zero-order chi connectivity index (χ0) is 16.6. The Balaban J connectivity index is 1.93. The van der Waals surface area contributed by atoms with E-state index in [9.17, 15) is 8.42 Å². The number of ether oxygens (including phenoxy) is 1. The minimum atomic E-state index is -3.43. The number of aromatic nitrogens is 1. The van der Waals surface area contributed by atoms with Crippen molar-refractivity contribution >= 4 is 20.9 Å². The third kappa shape index (κ3) is 2.83. The van der Waals surface area contributed by atoms with Crippen molar-refractivity contribution in [2.75, 3.05) is 14.1 Å². The highest BCUT2D eigenvalue weighted by Gasteiger charge is 2.17. The van der Waals surface area contributed by atoms with Crippen molar-refractivity contribution in [3.63, 3.8) is 0 Å². The summed E-state index contributed by atoms with van der Waals surface area (Å²) in [5, 5.41) is 0.995. The van der Waals surface area contributed by atoms with Crippen molar-refractivity contribution in [2.24, 2.45) is 0 Å². The highest BCUT2D eigenvalue weighted by molar-refractivity contribution is 7.89. The number of aryl methyl sites for hydroxylation is 1. The zero-order valence-corrected chi connectivity index (χ0v) is 14.0. The van der Waals surface area contributed by atoms with E-state index < -0.39 is 10.0 Å². The van der Waals surface area contributed by atoms with E-state index in [0.29, 0.717) is 5.75 Å². The number of benzene rings is 2. The van der Waals surface area contributed by atoms with Gasteiger partial charge in [0.1, 0.15) is 5.75 Å². The fourth-order valence-corrected chi connectivity index (χ4v) is 3.29. The van der Waals surface area contributed by atoms with Crippen LogP contribution in [-0.4, -0.2) is 31.8 Å². The molecule has 0 aliphatic carbocycles. The molecule has 6 heteroatoms. The average molecular weight is 330 g/mol. The number of hydrogen-bond donors (Lipinski definition) is 1. The molecule has 1 aromatic heterocycles. The SMILES string of the molecule is Cc1[nH]c2ccccc2c1Oc1ccc(S(=O)(=O)N(C)C)cc1. The third-order valence-electron chi connectivity index (χ3n) is 3.66. The molecule has 0 aliphatic rings. The van der Waals surface area contributed by atoms with Crippen LogP contribution in [-0.2, 0) is 10.0 Å². The molecule has 0 saturated heterocycles. The van der Waals surface area contributed by atoms with Crippen LogP contribution in [0.1, 0.15) is 5.69 Å². The Kier molecular flexibility index (Phi) is 3.87. The molecule has 23 heavy (non-hydrogen) atoms. The fourth-order valence-electron chi connectivity index (χ4n) is 2.39. The van der Waals surface area contributed by atoms with Crippen LogP contribution in [0, 0.1) is 6.92 Å². The van der Waals surface area contributed by atoms with E-state index in [2.05, 4.69) is 4.98 Å². The number of H-pyrrole nitrogens is 1. The summed E-state index contributed by atoms with van der Waals surface area (Å²) in [6, 6.07) is 14.3. The highest BCUT2D eigenvalue weighted by atomic mass is 32.2. The predicted octanol–water partition coefficient (Wildman–Crippen LogP) is 3.52. The normalized spacial score (nSPS) is 12.0. The molecule has 0 radical (unpaired) electrons. The quantitative estimate of drug-likeness (QED) is 0.796. The number of sulfonamides is 1. The van der Waals surface area contributed by atoms with Crippen molar-refractivity contribution in [1.29, 1.82) is 0 Å². The van der Waals surface area contributed by atoms with Crippen LogP contribution in [0.3, 0.4) is 0 Å². The summed E-state index contributed by atoms with van der Waals surface area (Å²) in [6.45, 7) is 1.94. The lowest BCUT2D eigenvalue weighted by Crippen LogP contribution is -2.22. The van der Waals surface area contributed by atoms with E-state index in [-0.39, 0.29) is 4.90 Å². The maximum atomic E-state index is 12.1. The maximum absolute atomic E-state index is 12.1. The largest absolute Gasteiger partial charge is 0.455 e. The average Bonchev–Trinajstić information content (AvgIpc) is 2.84. The monoisotopic (exact) mass is 330 g/mol. The Bertz CT molecular complexity index is 942. The van der Waals surface area contributed by atoms with Gasteiger partial charge in [0.15, 0.2) is 5.75 Å². The molecule has 120 valence electrons. The molecule has 1 N–H and O–H groups in total. The molecule has 0 saturated carbocycles. The van der Waals surface area contributed by atoms with Crippen molar-refractivity contribution in [1.82, 2.24) is 9.29 Å². The Morgan fingerprint density at radius 2 is 1.65 bits per heavy atom. The molecule has 0 aliphatic heterocycles. The molecule has 0 bridgehead atoms. The first kappa shape index (κ1) is 15.6. The van der Waals surface area contributed by atoms with Crippen LogP contribution >= 0.6 is 0 Å². The van der Waals surface area contributed by atoms with Gasteiger partial charge in [0, 0.05) is 25.0 Å². The lowest BCUT2D eigenvalue weighted by molar-refractivity contribution is 0.483. The second-order valence-corrected chi connectivity index (χ2v) is 7.64. The fraction of sp³-hybridized carbons (Fsp3) is 0.176. The maximum Gasteiger partial charge on any atom is 0.242 e. The molecule has 2 aromatic carbocycles. The molecule has 0 unspecified atom stereocenters. The molecular formula is C17H18N2O3S. The van der Waals surface area contributed by atoms with Crippen molar-refractivity contribution < 1.29 is 13.2 Å². The number of fused-ring (bicyclic) bond motifs is 1. The number of hydrogen-bond acceptors (Lipinski definition) is 3. The summed E-state index contributed by atoms with van der Waals surface area (Å²) in [4.78, 5) is 3.51. The van der Waals surface area contributed by atoms with Gasteiger partial charge in [-0.1, -0.05) is 12.1 Å². The van der Waals surface area contributed by atoms with Crippen LogP contribution < -0.4 is 4.74 Å². The molecule has 0 atom stereocenters. The number of rotatable bonds is 4. The second-order valence-electron chi connectivity index (χ2n) is 5.49. The molecule has 0 fully saturated rings. The van der Waals surface area contributed by atoms with Gasteiger partial charge in [0.2, 0.25) is 10.0 Å². The van der Waals surface area contributed by atoms with Crippen molar-refractivity contribution in [2.45, 2.75) is 11.8 Å². The topological polar surface area (TPSA) is 62.4 Å². The van der Waals surface area contributed by atoms with Gasteiger partial charge < -0.3 is 9.72 Å². The van der Waals surface area contributed by atoms with Crippen LogP contribution in [0.15, 0.2) is 53.4 Å². The van der Waals surface area contributed by atoms with Crippen molar-refractivity contribution in [3.05, 3.63) is 54.2 Å². The number of nitrogens with one attached hydrogen (secondary N) is 1. The minimum absolute atomic E-state index is 0.241. The van der Waals surface area contributed by atoms with Crippen LogP contribution in [0.4, 0.5) is 0 Å². The summed E-state index contributed by atoms with van der Waals surface area (Å²) >= 11 is 0. The molecule has 0 spiro atoms. The van der Waals surface area contributed by atoms with Crippen LogP contribution in [0.5, 0.6) is 11.5 Å². The van der Waals surface area contributed by atoms with E-state index in [1.807, 2.05) is 31.2 Å². The summed E-state index contributed by atoms with van der Waals surface area (Å²) in [7, 11) is -0.409.